The molecule has 0 radical (unpaired) electrons. The van der Waals surface area contributed by atoms with Crippen molar-refractivity contribution >= 4 is 21.8 Å². The normalized spacial score (nSPS) is 16.6. The van der Waals surface area contributed by atoms with Crippen LogP contribution >= 0.6 is 15.9 Å². The first kappa shape index (κ1) is 12.6. The Bertz CT molecular complexity index is 376. The van der Waals surface area contributed by atoms with Crippen LogP contribution in [0.25, 0.3) is 0 Å². The Labute approximate surface area is 111 Å². The Morgan fingerprint density at radius 1 is 1.41 bits per heavy atom. The van der Waals surface area contributed by atoms with Crippen LogP contribution in [0.5, 0.6) is 0 Å². The van der Waals surface area contributed by atoms with E-state index >= 15 is 0 Å². The molecular weight excluding hydrogens is 278 g/mol. The van der Waals surface area contributed by atoms with Crippen molar-refractivity contribution in [2.45, 2.75) is 32.2 Å². The van der Waals surface area contributed by atoms with E-state index < -0.39 is 0 Å². The van der Waals surface area contributed by atoms with Gasteiger partial charge in [0.1, 0.15) is 0 Å². The van der Waals surface area contributed by atoms with E-state index in [-0.39, 0.29) is 17.9 Å². The molecule has 1 aromatic rings. The summed E-state index contributed by atoms with van der Waals surface area (Å²) >= 11 is 3.43. The summed E-state index contributed by atoms with van der Waals surface area (Å²) in [5, 5.41) is 3.94. The number of rotatable bonds is 4. The lowest BCUT2D eigenvalue weighted by atomic mass is 10.0. The molecule has 1 atom stereocenters. The van der Waals surface area contributed by atoms with Crippen molar-refractivity contribution in [1.82, 2.24) is 5.32 Å². The molecule has 1 aromatic carbocycles. The van der Waals surface area contributed by atoms with Crippen LogP contribution in [0.1, 0.15) is 24.5 Å². The van der Waals surface area contributed by atoms with Gasteiger partial charge in [0.15, 0.2) is 0 Å². The van der Waals surface area contributed by atoms with Gasteiger partial charge in [0, 0.05) is 17.3 Å². The number of hydrogen-bond donors (Lipinski definition) is 1. The first-order chi connectivity index (χ1) is 8.24. The lowest BCUT2D eigenvalue weighted by molar-refractivity contribution is -0.125. The van der Waals surface area contributed by atoms with Gasteiger partial charge < -0.3 is 5.32 Å². The molecule has 1 unspecified atom stereocenters. The Morgan fingerprint density at radius 2 is 2.00 bits per heavy atom. The molecule has 0 saturated carbocycles. The van der Waals surface area contributed by atoms with Crippen molar-refractivity contribution in [2.24, 2.45) is 5.92 Å². The smallest absolute Gasteiger partial charge is 0.224 e. The van der Waals surface area contributed by atoms with E-state index in [1.165, 1.54) is 11.1 Å². The van der Waals surface area contributed by atoms with Gasteiger partial charge in [-0.2, -0.15) is 0 Å². The summed E-state index contributed by atoms with van der Waals surface area (Å²) < 4.78 is 0. The molecule has 0 fully saturated rings. The van der Waals surface area contributed by atoms with E-state index in [0.717, 1.165) is 24.6 Å². The summed E-state index contributed by atoms with van der Waals surface area (Å²) in [6.45, 7) is 2.09. The molecule has 0 bridgehead atoms. The molecule has 1 aliphatic carbocycles. The van der Waals surface area contributed by atoms with Gasteiger partial charge in [0.2, 0.25) is 5.91 Å². The van der Waals surface area contributed by atoms with Gasteiger partial charge in [-0.3, -0.25) is 4.79 Å². The SMILES string of the molecule is CCC(CBr)NC(=O)C1Cc2ccccc2C1. The summed E-state index contributed by atoms with van der Waals surface area (Å²) in [6.07, 6.45) is 2.75. The van der Waals surface area contributed by atoms with E-state index in [1.54, 1.807) is 0 Å². The quantitative estimate of drug-likeness (QED) is 0.850. The maximum Gasteiger partial charge on any atom is 0.224 e. The van der Waals surface area contributed by atoms with Crippen LogP contribution in [0, 0.1) is 5.92 Å². The van der Waals surface area contributed by atoms with Crippen molar-refractivity contribution in [1.29, 1.82) is 0 Å². The summed E-state index contributed by atoms with van der Waals surface area (Å²) in [7, 11) is 0. The van der Waals surface area contributed by atoms with E-state index in [9.17, 15) is 4.79 Å². The zero-order valence-corrected chi connectivity index (χ0v) is 11.7. The average molecular weight is 296 g/mol. The zero-order valence-electron chi connectivity index (χ0n) is 10.1. The number of hydrogen-bond acceptors (Lipinski definition) is 1. The van der Waals surface area contributed by atoms with Crippen molar-refractivity contribution in [2.75, 3.05) is 5.33 Å². The molecule has 0 saturated heterocycles. The highest BCUT2D eigenvalue weighted by molar-refractivity contribution is 9.09. The maximum atomic E-state index is 12.1. The summed E-state index contributed by atoms with van der Waals surface area (Å²) in [5.41, 5.74) is 2.67. The summed E-state index contributed by atoms with van der Waals surface area (Å²) in [5.74, 6) is 0.327. The molecule has 0 spiro atoms. The van der Waals surface area contributed by atoms with Gasteiger partial charge >= 0.3 is 0 Å². The molecular formula is C14H18BrNO. The molecule has 1 aliphatic rings. The first-order valence-electron chi connectivity index (χ1n) is 6.17. The number of fused-ring (bicyclic) bond motifs is 1. The number of halogens is 1. The molecule has 17 heavy (non-hydrogen) atoms. The zero-order chi connectivity index (χ0) is 12.3. The Hall–Kier alpha value is -0.830. The van der Waals surface area contributed by atoms with E-state index in [2.05, 4.69) is 40.3 Å². The van der Waals surface area contributed by atoms with E-state index in [1.807, 2.05) is 12.1 Å². The fourth-order valence-electron chi connectivity index (χ4n) is 2.31. The third-order valence-electron chi connectivity index (χ3n) is 3.45. The minimum atomic E-state index is 0.125. The molecule has 1 amide bonds. The number of benzene rings is 1. The van der Waals surface area contributed by atoms with Crippen molar-refractivity contribution in [3.8, 4) is 0 Å². The minimum Gasteiger partial charge on any atom is -0.352 e. The lowest BCUT2D eigenvalue weighted by Crippen LogP contribution is -2.39. The van der Waals surface area contributed by atoms with Gasteiger partial charge in [-0.05, 0) is 30.4 Å². The lowest BCUT2D eigenvalue weighted by Gasteiger charge is -2.17. The third-order valence-corrected chi connectivity index (χ3v) is 4.23. The van der Waals surface area contributed by atoms with Gasteiger partial charge in [0.25, 0.3) is 0 Å². The first-order valence-corrected chi connectivity index (χ1v) is 7.29. The molecule has 2 nitrogen and oxygen atoms in total. The molecule has 1 N–H and O–H groups in total. The maximum absolute atomic E-state index is 12.1. The molecule has 0 aromatic heterocycles. The number of nitrogens with one attached hydrogen (secondary N) is 1. The standard InChI is InChI=1S/C14H18BrNO/c1-2-13(9-15)16-14(17)12-7-10-5-3-4-6-11(10)8-12/h3-6,12-13H,2,7-9H2,1H3,(H,16,17). The van der Waals surface area contributed by atoms with Gasteiger partial charge in [0.05, 0.1) is 0 Å². The highest BCUT2D eigenvalue weighted by Gasteiger charge is 2.27. The molecule has 2 rings (SSSR count). The number of carbonyl (C=O) groups excluding carboxylic acids is 1. The van der Waals surface area contributed by atoms with Gasteiger partial charge in [-0.15, -0.1) is 0 Å². The highest BCUT2D eigenvalue weighted by Crippen LogP contribution is 2.26. The number of carbonyl (C=O) groups is 1. The number of amides is 1. The second-order valence-electron chi connectivity index (χ2n) is 4.64. The molecule has 3 heteroatoms. The predicted octanol–water partition coefficient (Wildman–Crippen LogP) is 2.69. The van der Waals surface area contributed by atoms with Crippen LogP contribution in [0.2, 0.25) is 0 Å². The average Bonchev–Trinajstić information content (AvgIpc) is 2.79. The Kier molecular flexibility index (Phi) is 4.21. The van der Waals surface area contributed by atoms with Crippen molar-refractivity contribution in [3.63, 3.8) is 0 Å². The van der Waals surface area contributed by atoms with Crippen LogP contribution in [0.15, 0.2) is 24.3 Å². The largest absolute Gasteiger partial charge is 0.352 e. The predicted molar refractivity (Wildman–Crippen MR) is 73.4 cm³/mol. The van der Waals surface area contributed by atoms with E-state index in [4.69, 9.17) is 0 Å². The third kappa shape index (κ3) is 2.89. The summed E-state index contributed by atoms with van der Waals surface area (Å²) in [4.78, 5) is 12.1. The van der Waals surface area contributed by atoms with Crippen LogP contribution in [0.3, 0.4) is 0 Å². The second-order valence-corrected chi connectivity index (χ2v) is 5.29. The fourth-order valence-corrected chi connectivity index (χ4v) is 2.93. The molecule has 92 valence electrons. The fraction of sp³-hybridized carbons (Fsp3) is 0.500. The Balaban J connectivity index is 1.96. The molecule has 0 heterocycles. The van der Waals surface area contributed by atoms with Crippen molar-refractivity contribution < 1.29 is 4.79 Å². The topological polar surface area (TPSA) is 29.1 Å². The van der Waals surface area contributed by atoms with Crippen LogP contribution in [0.4, 0.5) is 0 Å². The Morgan fingerprint density at radius 3 is 2.47 bits per heavy atom. The van der Waals surface area contributed by atoms with Crippen LogP contribution in [-0.2, 0) is 17.6 Å². The summed E-state index contributed by atoms with van der Waals surface area (Å²) in [6, 6.07) is 8.61. The van der Waals surface area contributed by atoms with E-state index in [0.29, 0.717) is 0 Å². The molecule has 0 aliphatic heterocycles. The number of alkyl halides is 1. The minimum absolute atomic E-state index is 0.125. The monoisotopic (exact) mass is 295 g/mol. The highest BCUT2D eigenvalue weighted by atomic mass is 79.9. The van der Waals surface area contributed by atoms with Gasteiger partial charge in [-0.1, -0.05) is 47.1 Å². The van der Waals surface area contributed by atoms with Crippen molar-refractivity contribution in [3.05, 3.63) is 35.4 Å². The van der Waals surface area contributed by atoms with Gasteiger partial charge in [-0.25, -0.2) is 0 Å². The van der Waals surface area contributed by atoms with Crippen LogP contribution < -0.4 is 5.32 Å². The van der Waals surface area contributed by atoms with Crippen LogP contribution in [-0.4, -0.2) is 17.3 Å². The second kappa shape index (κ2) is 5.67.